The van der Waals surface area contributed by atoms with Crippen molar-refractivity contribution in [1.29, 1.82) is 0 Å². The molecule has 0 radical (unpaired) electrons. The van der Waals surface area contributed by atoms with E-state index < -0.39 is 0 Å². The van der Waals surface area contributed by atoms with Crippen molar-refractivity contribution in [2.24, 2.45) is 11.7 Å². The molecular formula is C14H25N3. The van der Waals surface area contributed by atoms with Crippen LogP contribution in [0.3, 0.4) is 0 Å². The zero-order valence-electron chi connectivity index (χ0n) is 11.1. The second-order valence-corrected chi connectivity index (χ2v) is 5.82. The Kier molecular flexibility index (Phi) is 4.21. The van der Waals surface area contributed by atoms with Gasteiger partial charge < -0.3 is 5.73 Å². The van der Waals surface area contributed by atoms with Crippen LogP contribution in [0.2, 0.25) is 0 Å². The first-order valence-electron chi connectivity index (χ1n) is 6.94. The second-order valence-electron chi connectivity index (χ2n) is 5.82. The first-order chi connectivity index (χ1) is 8.15. The molecule has 1 aliphatic carbocycles. The molecule has 0 aliphatic heterocycles. The van der Waals surface area contributed by atoms with Gasteiger partial charge in [0.15, 0.2) is 0 Å². The summed E-state index contributed by atoms with van der Waals surface area (Å²) in [6.07, 6.45) is 9.42. The van der Waals surface area contributed by atoms with Crippen molar-refractivity contribution < 1.29 is 0 Å². The molecule has 0 spiro atoms. The average molecular weight is 235 g/mol. The Morgan fingerprint density at radius 2 is 2.12 bits per heavy atom. The molecule has 1 unspecified atom stereocenters. The summed E-state index contributed by atoms with van der Waals surface area (Å²) in [5.41, 5.74) is 7.28. The van der Waals surface area contributed by atoms with E-state index in [4.69, 9.17) is 5.73 Å². The predicted molar refractivity (Wildman–Crippen MR) is 70.9 cm³/mol. The van der Waals surface area contributed by atoms with Crippen LogP contribution in [0.5, 0.6) is 0 Å². The summed E-state index contributed by atoms with van der Waals surface area (Å²) in [6.45, 7) is 4.44. The third-order valence-corrected chi connectivity index (χ3v) is 3.61. The van der Waals surface area contributed by atoms with E-state index in [1.807, 2.05) is 0 Å². The lowest BCUT2D eigenvalue weighted by Crippen LogP contribution is -2.25. The van der Waals surface area contributed by atoms with Crippen molar-refractivity contribution in [3.05, 3.63) is 18.0 Å². The van der Waals surface area contributed by atoms with Crippen LogP contribution < -0.4 is 5.73 Å². The summed E-state index contributed by atoms with van der Waals surface area (Å²) < 4.78 is 2.16. The van der Waals surface area contributed by atoms with Crippen LogP contribution in [0, 0.1) is 5.92 Å². The Morgan fingerprint density at radius 3 is 2.76 bits per heavy atom. The highest BCUT2D eigenvalue weighted by Gasteiger charge is 2.18. The molecule has 2 N–H and O–H groups in total. The molecule has 0 amide bonds. The van der Waals surface area contributed by atoms with Gasteiger partial charge in [0.25, 0.3) is 0 Å². The molecule has 1 saturated carbocycles. The average Bonchev–Trinajstić information content (AvgIpc) is 2.84. The van der Waals surface area contributed by atoms with Crippen LogP contribution in [-0.2, 0) is 6.42 Å². The first kappa shape index (κ1) is 12.6. The van der Waals surface area contributed by atoms with E-state index in [2.05, 4.69) is 35.9 Å². The number of nitrogens with zero attached hydrogens (tertiary/aromatic N) is 2. The fourth-order valence-electron chi connectivity index (χ4n) is 2.82. The monoisotopic (exact) mass is 235 g/mol. The lowest BCUT2D eigenvalue weighted by atomic mass is 10.0. The molecule has 3 nitrogen and oxygen atoms in total. The van der Waals surface area contributed by atoms with Gasteiger partial charge in [0, 0.05) is 18.7 Å². The molecule has 0 bridgehead atoms. The normalized spacial score (nSPS) is 19.1. The fourth-order valence-corrected chi connectivity index (χ4v) is 2.82. The highest BCUT2D eigenvalue weighted by atomic mass is 15.3. The zero-order valence-corrected chi connectivity index (χ0v) is 11.1. The van der Waals surface area contributed by atoms with Crippen LogP contribution in [0.1, 0.15) is 57.7 Å². The van der Waals surface area contributed by atoms with Gasteiger partial charge in [0.1, 0.15) is 0 Å². The zero-order chi connectivity index (χ0) is 12.3. The Bertz CT molecular complexity index is 337. The Morgan fingerprint density at radius 1 is 1.41 bits per heavy atom. The van der Waals surface area contributed by atoms with Crippen LogP contribution in [-0.4, -0.2) is 15.8 Å². The number of nitrogens with two attached hydrogens (primary N) is 1. The third-order valence-electron chi connectivity index (χ3n) is 3.61. The van der Waals surface area contributed by atoms with Gasteiger partial charge in [-0.05, 0) is 31.2 Å². The summed E-state index contributed by atoms with van der Waals surface area (Å²) in [7, 11) is 0. The van der Waals surface area contributed by atoms with E-state index in [9.17, 15) is 0 Å². The Hall–Kier alpha value is -0.830. The molecule has 0 aromatic carbocycles. The molecule has 3 heteroatoms. The fraction of sp³-hybridized carbons (Fsp3) is 0.786. The summed E-state index contributed by atoms with van der Waals surface area (Å²) in [5.74, 6) is 0.668. The summed E-state index contributed by atoms with van der Waals surface area (Å²) in [4.78, 5) is 0. The van der Waals surface area contributed by atoms with Gasteiger partial charge >= 0.3 is 0 Å². The van der Waals surface area contributed by atoms with Crippen molar-refractivity contribution in [3.8, 4) is 0 Å². The minimum absolute atomic E-state index is 0.252. The smallest absolute Gasteiger partial charge is 0.0640 e. The quantitative estimate of drug-likeness (QED) is 0.852. The maximum absolute atomic E-state index is 6.12. The molecule has 1 aromatic rings. The van der Waals surface area contributed by atoms with E-state index in [0.29, 0.717) is 12.0 Å². The maximum Gasteiger partial charge on any atom is 0.0640 e. The van der Waals surface area contributed by atoms with Crippen LogP contribution in [0.25, 0.3) is 0 Å². The van der Waals surface area contributed by atoms with Crippen molar-refractivity contribution in [2.45, 2.75) is 64.5 Å². The van der Waals surface area contributed by atoms with E-state index >= 15 is 0 Å². The molecule has 1 fully saturated rings. The second kappa shape index (κ2) is 5.67. The van der Waals surface area contributed by atoms with Gasteiger partial charge in [-0.25, -0.2) is 0 Å². The molecule has 1 heterocycles. The van der Waals surface area contributed by atoms with E-state index in [1.165, 1.54) is 25.7 Å². The Labute approximate surface area is 104 Å². The highest BCUT2D eigenvalue weighted by molar-refractivity contribution is 5.02. The lowest BCUT2D eigenvalue weighted by molar-refractivity contribution is 0.453. The predicted octanol–water partition coefficient (Wildman–Crippen LogP) is 2.91. The summed E-state index contributed by atoms with van der Waals surface area (Å²) in [5, 5.41) is 4.68. The maximum atomic E-state index is 6.12. The van der Waals surface area contributed by atoms with Gasteiger partial charge in [-0.1, -0.05) is 26.7 Å². The first-order valence-corrected chi connectivity index (χ1v) is 6.94. The van der Waals surface area contributed by atoms with Gasteiger partial charge in [-0.3, -0.25) is 4.68 Å². The number of hydrogen-bond donors (Lipinski definition) is 1. The van der Waals surface area contributed by atoms with Crippen LogP contribution in [0.15, 0.2) is 12.3 Å². The largest absolute Gasteiger partial charge is 0.327 e. The summed E-state index contributed by atoms with van der Waals surface area (Å²) >= 11 is 0. The molecule has 1 aliphatic rings. The van der Waals surface area contributed by atoms with Crippen molar-refractivity contribution >= 4 is 0 Å². The molecule has 1 aromatic heterocycles. The summed E-state index contributed by atoms with van der Waals surface area (Å²) in [6, 6.07) is 3.03. The van der Waals surface area contributed by atoms with Gasteiger partial charge in [-0.2, -0.15) is 5.10 Å². The van der Waals surface area contributed by atoms with Crippen LogP contribution >= 0.6 is 0 Å². The van der Waals surface area contributed by atoms with Crippen molar-refractivity contribution in [2.75, 3.05) is 0 Å². The van der Waals surface area contributed by atoms with Crippen molar-refractivity contribution in [1.82, 2.24) is 9.78 Å². The number of aromatic nitrogens is 2. The molecular weight excluding hydrogens is 210 g/mol. The van der Waals surface area contributed by atoms with Crippen molar-refractivity contribution in [3.63, 3.8) is 0 Å². The van der Waals surface area contributed by atoms with E-state index in [0.717, 1.165) is 18.5 Å². The van der Waals surface area contributed by atoms with Gasteiger partial charge in [-0.15, -0.1) is 0 Å². The van der Waals surface area contributed by atoms with Gasteiger partial charge in [0.05, 0.1) is 11.7 Å². The number of hydrogen-bond acceptors (Lipinski definition) is 2. The molecule has 1 atom stereocenters. The lowest BCUT2D eigenvalue weighted by Gasteiger charge is -2.13. The molecule has 0 saturated heterocycles. The third kappa shape index (κ3) is 3.56. The highest BCUT2D eigenvalue weighted by Crippen LogP contribution is 2.28. The topological polar surface area (TPSA) is 43.8 Å². The molecule has 2 rings (SSSR count). The van der Waals surface area contributed by atoms with Crippen LogP contribution in [0.4, 0.5) is 0 Å². The Balaban J connectivity index is 1.89. The van der Waals surface area contributed by atoms with E-state index in [-0.39, 0.29) is 6.04 Å². The molecule has 96 valence electrons. The number of rotatable bonds is 5. The minimum Gasteiger partial charge on any atom is -0.327 e. The van der Waals surface area contributed by atoms with E-state index in [1.54, 1.807) is 0 Å². The SMILES string of the molecule is CC(C)CC(N)Cc1ccn(C2CCCC2)n1. The van der Waals surface area contributed by atoms with Gasteiger partial charge in [0.2, 0.25) is 0 Å². The standard InChI is InChI=1S/C14H25N3/c1-11(2)9-12(15)10-13-7-8-17(16-13)14-5-3-4-6-14/h7-8,11-12,14H,3-6,9-10,15H2,1-2H3. The minimum atomic E-state index is 0.252. The molecule has 17 heavy (non-hydrogen) atoms.